The topological polar surface area (TPSA) is 61.0 Å². The first kappa shape index (κ1) is 30.5. The molecule has 2 aromatic heterocycles. The van der Waals surface area contributed by atoms with E-state index in [2.05, 4.69) is 112 Å². The first-order valence-electron chi connectivity index (χ1n) is 15.3. The molecule has 1 atom stereocenters. The number of amides is 1. The van der Waals surface area contributed by atoms with E-state index in [-0.39, 0.29) is 11.8 Å². The van der Waals surface area contributed by atoms with Crippen molar-refractivity contribution in [2.75, 3.05) is 26.2 Å². The van der Waals surface area contributed by atoms with Crippen LogP contribution < -0.4 is 5.32 Å². The van der Waals surface area contributed by atoms with Gasteiger partial charge in [-0.2, -0.15) is 0 Å². The summed E-state index contributed by atoms with van der Waals surface area (Å²) >= 11 is 0. The van der Waals surface area contributed by atoms with Gasteiger partial charge in [-0.25, -0.2) is 0 Å². The number of unbranched alkanes of at least 4 members (excludes halogenated alkanes) is 1. The number of pyridine rings is 1. The maximum absolute atomic E-state index is 13.5. The third kappa shape index (κ3) is 7.08. The number of fused-ring (bicyclic) bond motifs is 1. The molecule has 2 N–H and O–H groups in total. The summed E-state index contributed by atoms with van der Waals surface area (Å²) in [6.07, 6.45) is 7.12. The van der Waals surface area contributed by atoms with E-state index in [0.717, 1.165) is 56.5 Å². The number of rotatable bonds is 13. The Bertz CT molecular complexity index is 1430. The molecule has 5 nitrogen and oxygen atoms in total. The zero-order valence-electron chi connectivity index (χ0n) is 26.1. The van der Waals surface area contributed by atoms with Crippen LogP contribution in [0.2, 0.25) is 0 Å². The third-order valence-electron chi connectivity index (χ3n) is 8.42. The number of aromatic amines is 1. The van der Waals surface area contributed by atoms with E-state index in [4.69, 9.17) is 0 Å². The van der Waals surface area contributed by atoms with Crippen LogP contribution in [0.15, 0.2) is 60.9 Å². The molecule has 0 bridgehead atoms. The molecule has 0 aliphatic rings. The second-order valence-corrected chi connectivity index (χ2v) is 12.1. The number of nitrogens with zero attached hydrogens (tertiary/aromatic N) is 2. The third-order valence-corrected chi connectivity index (χ3v) is 8.42. The number of aromatic nitrogens is 2. The Morgan fingerprint density at radius 1 is 0.976 bits per heavy atom. The van der Waals surface area contributed by atoms with Crippen molar-refractivity contribution in [1.29, 1.82) is 0 Å². The van der Waals surface area contributed by atoms with E-state index in [1.54, 1.807) is 0 Å². The second-order valence-electron chi connectivity index (χ2n) is 12.1. The second kappa shape index (κ2) is 13.5. The number of H-pyrrole nitrogens is 1. The number of nitrogens with one attached hydrogen (secondary N) is 2. The largest absolute Gasteiger partial charge is 0.354 e. The smallest absolute Gasteiger partial charge is 0.232 e. The first-order valence-corrected chi connectivity index (χ1v) is 15.3. The Hall–Kier alpha value is -3.44. The van der Waals surface area contributed by atoms with E-state index in [1.165, 1.54) is 38.9 Å². The lowest BCUT2D eigenvalue weighted by molar-refractivity contribution is -0.135. The highest BCUT2D eigenvalue weighted by molar-refractivity contribution is 5.94. The van der Waals surface area contributed by atoms with Crippen LogP contribution >= 0.6 is 0 Å². The molecule has 218 valence electrons. The number of hydrogen-bond acceptors (Lipinski definition) is 3. The summed E-state index contributed by atoms with van der Waals surface area (Å²) in [5, 5.41) is 4.94. The molecule has 5 heteroatoms. The standard InChI is InChI=1S/C36H48N4O/c1-8-40(9-2)35(41)36(6,7)30-13-14-32-31(23-30)33(34(39-32)29-21-25(3)20-26(4)22-29)27(5)24-38-17-11-10-12-28-15-18-37-19-16-28/h13-16,18-23,27,38-39H,8-12,17,24H2,1-7H3/t27-/m1/s1. The Kier molecular flexibility index (Phi) is 10.0. The van der Waals surface area contributed by atoms with Crippen LogP contribution in [-0.4, -0.2) is 47.0 Å². The summed E-state index contributed by atoms with van der Waals surface area (Å²) in [6.45, 7) is 18.2. The molecule has 0 saturated carbocycles. The fourth-order valence-corrected chi connectivity index (χ4v) is 6.04. The normalized spacial score (nSPS) is 12.6. The lowest BCUT2D eigenvalue weighted by Gasteiger charge is -2.31. The molecule has 0 spiro atoms. The van der Waals surface area contributed by atoms with Crippen molar-refractivity contribution in [3.05, 3.63) is 88.7 Å². The Balaban J connectivity index is 1.62. The summed E-state index contributed by atoms with van der Waals surface area (Å²) in [5.41, 5.74) is 9.17. The van der Waals surface area contributed by atoms with Gasteiger partial charge in [-0.1, -0.05) is 30.2 Å². The van der Waals surface area contributed by atoms with Gasteiger partial charge in [-0.3, -0.25) is 9.78 Å². The predicted octanol–water partition coefficient (Wildman–Crippen LogP) is 7.71. The predicted molar refractivity (Wildman–Crippen MR) is 173 cm³/mol. The molecule has 0 radical (unpaired) electrons. The summed E-state index contributed by atoms with van der Waals surface area (Å²) in [5.74, 6) is 0.464. The molecule has 4 aromatic rings. The molecule has 2 heterocycles. The minimum atomic E-state index is -0.606. The SMILES string of the molecule is CCN(CC)C(=O)C(C)(C)c1ccc2[nH]c(-c3cc(C)cc(C)c3)c([C@H](C)CNCCCCc3ccncc3)c2c1. The van der Waals surface area contributed by atoms with E-state index < -0.39 is 5.41 Å². The Labute approximate surface area is 246 Å². The number of carbonyl (C=O) groups excluding carboxylic acids is 1. The molecular formula is C36H48N4O. The molecule has 1 amide bonds. The highest BCUT2D eigenvalue weighted by Gasteiger charge is 2.33. The Morgan fingerprint density at radius 2 is 1.66 bits per heavy atom. The fourth-order valence-electron chi connectivity index (χ4n) is 6.04. The van der Waals surface area contributed by atoms with E-state index in [1.807, 2.05) is 17.3 Å². The number of likely N-dealkylation sites (N-methyl/N-ethyl adjacent to an activating group) is 1. The minimum Gasteiger partial charge on any atom is -0.354 e. The van der Waals surface area contributed by atoms with Crippen molar-refractivity contribution in [2.24, 2.45) is 0 Å². The van der Waals surface area contributed by atoms with Crippen molar-refractivity contribution < 1.29 is 4.79 Å². The summed E-state index contributed by atoms with van der Waals surface area (Å²) in [7, 11) is 0. The van der Waals surface area contributed by atoms with Crippen molar-refractivity contribution in [1.82, 2.24) is 20.2 Å². The van der Waals surface area contributed by atoms with Gasteiger partial charge in [0.25, 0.3) is 0 Å². The van der Waals surface area contributed by atoms with Gasteiger partial charge < -0.3 is 15.2 Å². The summed E-state index contributed by atoms with van der Waals surface area (Å²) in [6, 6.07) is 17.5. The molecule has 0 saturated heterocycles. The van der Waals surface area contributed by atoms with Crippen LogP contribution in [0.3, 0.4) is 0 Å². The van der Waals surface area contributed by atoms with Crippen LogP contribution in [0, 0.1) is 13.8 Å². The van der Waals surface area contributed by atoms with Crippen molar-refractivity contribution in [2.45, 2.75) is 79.1 Å². The lowest BCUT2D eigenvalue weighted by Crippen LogP contribution is -2.43. The van der Waals surface area contributed by atoms with Gasteiger partial charge in [-0.15, -0.1) is 0 Å². The number of carbonyl (C=O) groups is 1. The quantitative estimate of drug-likeness (QED) is 0.167. The molecule has 0 aliphatic heterocycles. The van der Waals surface area contributed by atoms with Gasteiger partial charge >= 0.3 is 0 Å². The number of aryl methyl sites for hydroxylation is 3. The number of benzene rings is 2. The summed E-state index contributed by atoms with van der Waals surface area (Å²) in [4.78, 5) is 23.3. The van der Waals surface area contributed by atoms with Gasteiger partial charge in [0.05, 0.1) is 11.1 Å². The molecular weight excluding hydrogens is 504 g/mol. The molecule has 2 aromatic carbocycles. The van der Waals surface area contributed by atoms with Crippen LogP contribution in [0.1, 0.15) is 81.2 Å². The zero-order valence-corrected chi connectivity index (χ0v) is 26.1. The molecule has 0 unspecified atom stereocenters. The van der Waals surface area contributed by atoms with Crippen molar-refractivity contribution >= 4 is 16.8 Å². The van der Waals surface area contributed by atoms with E-state index >= 15 is 0 Å². The van der Waals surface area contributed by atoms with Gasteiger partial charge in [-0.05, 0) is 132 Å². The minimum absolute atomic E-state index is 0.176. The maximum Gasteiger partial charge on any atom is 0.232 e. The lowest BCUT2D eigenvalue weighted by atomic mass is 9.81. The average Bonchev–Trinajstić information content (AvgIpc) is 3.34. The molecule has 4 rings (SSSR count). The van der Waals surface area contributed by atoms with Gasteiger partial charge in [0.15, 0.2) is 0 Å². The molecule has 0 aliphatic carbocycles. The van der Waals surface area contributed by atoms with Crippen molar-refractivity contribution in [3.63, 3.8) is 0 Å². The number of hydrogen-bond donors (Lipinski definition) is 2. The van der Waals surface area contributed by atoms with E-state index in [0.29, 0.717) is 0 Å². The first-order chi connectivity index (χ1) is 19.6. The van der Waals surface area contributed by atoms with Crippen molar-refractivity contribution in [3.8, 4) is 11.3 Å². The van der Waals surface area contributed by atoms with Crippen LogP contribution in [0.5, 0.6) is 0 Å². The highest BCUT2D eigenvalue weighted by atomic mass is 16.2. The van der Waals surface area contributed by atoms with Gasteiger partial charge in [0.2, 0.25) is 5.91 Å². The summed E-state index contributed by atoms with van der Waals surface area (Å²) < 4.78 is 0. The van der Waals surface area contributed by atoms with Crippen LogP contribution in [0.4, 0.5) is 0 Å². The average molecular weight is 553 g/mol. The van der Waals surface area contributed by atoms with Crippen LogP contribution in [0.25, 0.3) is 22.2 Å². The van der Waals surface area contributed by atoms with Crippen LogP contribution in [-0.2, 0) is 16.6 Å². The zero-order chi connectivity index (χ0) is 29.6. The fraction of sp³-hybridized carbons (Fsp3) is 0.444. The highest BCUT2D eigenvalue weighted by Crippen LogP contribution is 2.38. The van der Waals surface area contributed by atoms with Gasteiger partial charge in [0.1, 0.15) is 0 Å². The maximum atomic E-state index is 13.5. The monoisotopic (exact) mass is 552 g/mol. The van der Waals surface area contributed by atoms with E-state index in [9.17, 15) is 4.79 Å². The Morgan fingerprint density at radius 3 is 2.32 bits per heavy atom. The van der Waals surface area contributed by atoms with Gasteiger partial charge in [0, 0.05) is 42.9 Å². The molecule has 41 heavy (non-hydrogen) atoms. The molecule has 0 fully saturated rings.